The van der Waals surface area contributed by atoms with Gasteiger partial charge in [0.05, 0.1) is 13.1 Å². The molecule has 0 spiro atoms. The van der Waals surface area contributed by atoms with Crippen LogP contribution in [-0.2, 0) is 11.3 Å². The highest BCUT2D eigenvalue weighted by Gasteiger charge is 2.13. The summed E-state index contributed by atoms with van der Waals surface area (Å²) in [4.78, 5) is 16.1. The number of benzene rings is 1. The molecule has 0 unspecified atom stereocenters. The fourth-order valence-corrected chi connectivity index (χ4v) is 1.77. The molecule has 1 amide bonds. The highest BCUT2D eigenvalue weighted by atomic mass is 16.2. The van der Waals surface area contributed by atoms with Crippen LogP contribution in [0.1, 0.15) is 5.56 Å². The van der Waals surface area contributed by atoms with Crippen LogP contribution in [-0.4, -0.2) is 56.0 Å². The number of amides is 1. The van der Waals surface area contributed by atoms with Gasteiger partial charge >= 0.3 is 0 Å². The minimum absolute atomic E-state index is 0.0750. The molecule has 0 atom stereocenters. The van der Waals surface area contributed by atoms with Crippen LogP contribution in [0.25, 0.3) is 0 Å². The molecule has 1 aromatic rings. The van der Waals surface area contributed by atoms with Gasteiger partial charge < -0.3 is 9.80 Å². The SMILES string of the molecule is C#CCNCC(=O)N(CCN(C)C)Cc1ccccc1. The molecule has 0 aliphatic rings. The second-order valence-electron chi connectivity index (χ2n) is 4.91. The lowest BCUT2D eigenvalue weighted by atomic mass is 10.2. The van der Waals surface area contributed by atoms with E-state index in [1.54, 1.807) is 0 Å². The number of carbonyl (C=O) groups excluding carboxylic acids is 1. The van der Waals surface area contributed by atoms with E-state index in [4.69, 9.17) is 6.42 Å². The van der Waals surface area contributed by atoms with E-state index in [1.165, 1.54) is 0 Å². The van der Waals surface area contributed by atoms with Gasteiger partial charge in [0.15, 0.2) is 0 Å². The maximum Gasteiger partial charge on any atom is 0.236 e. The molecular weight excluding hydrogens is 250 g/mol. The first-order valence-corrected chi connectivity index (χ1v) is 6.74. The molecule has 108 valence electrons. The van der Waals surface area contributed by atoms with Crippen molar-refractivity contribution in [2.75, 3.05) is 40.3 Å². The largest absolute Gasteiger partial charge is 0.336 e. The lowest BCUT2D eigenvalue weighted by molar-refractivity contribution is -0.131. The van der Waals surface area contributed by atoms with Crippen molar-refractivity contribution in [3.05, 3.63) is 35.9 Å². The Morgan fingerprint density at radius 1 is 1.25 bits per heavy atom. The lowest BCUT2D eigenvalue weighted by Crippen LogP contribution is -2.41. The Kier molecular flexibility index (Phi) is 7.41. The topological polar surface area (TPSA) is 35.6 Å². The first-order chi connectivity index (χ1) is 9.63. The van der Waals surface area contributed by atoms with Gasteiger partial charge in [-0.1, -0.05) is 36.3 Å². The standard InChI is InChI=1S/C16H23N3O/c1-4-10-17-13-16(20)19(12-11-18(2)3)14-15-8-6-5-7-9-15/h1,5-9,17H,10-14H2,2-3H3. The van der Waals surface area contributed by atoms with E-state index in [0.717, 1.165) is 12.1 Å². The first-order valence-electron chi connectivity index (χ1n) is 6.74. The van der Waals surface area contributed by atoms with Gasteiger partial charge in [0.25, 0.3) is 0 Å². The van der Waals surface area contributed by atoms with Crippen LogP contribution in [0, 0.1) is 12.3 Å². The summed E-state index contributed by atoms with van der Waals surface area (Å²) >= 11 is 0. The Balaban J connectivity index is 2.59. The summed E-state index contributed by atoms with van der Waals surface area (Å²) in [6, 6.07) is 10.0. The summed E-state index contributed by atoms with van der Waals surface area (Å²) in [6.07, 6.45) is 5.17. The van der Waals surface area contributed by atoms with Crippen molar-refractivity contribution in [1.29, 1.82) is 0 Å². The highest BCUT2D eigenvalue weighted by Crippen LogP contribution is 2.04. The van der Waals surface area contributed by atoms with E-state index in [1.807, 2.05) is 49.3 Å². The number of carbonyl (C=O) groups is 1. The van der Waals surface area contributed by atoms with Crippen molar-refractivity contribution in [3.63, 3.8) is 0 Å². The molecule has 0 saturated carbocycles. The van der Waals surface area contributed by atoms with Gasteiger partial charge in [-0.2, -0.15) is 0 Å². The van der Waals surface area contributed by atoms with Crippen molar-refractivity contribution in [3.8, 4) is 12.3 Å². The molecule has 0 radical (unpaired) electrons. The minimum atomic E-state index is 0.0750. The number of rotatable bonds is 8. The number of hydrogen-bond acceptors (Lipinski definition) is 3. The van der Waals surface area contributed by atoms with E-state index in [-0.39, 0.29) is 12.5 Å². The van der Waals surface area contributed by atoms with Gasteiger partial charge in [-0.25, -0.2) is 0 Å². The molecule has 4 heteroatoms. The number of nitrogens with zero attached hydrogens (tertiary/aromatic N) is 2. The highest BCUT2D eigenvalue weighted by molar-refractivity contribution is 5.78. The van der Waals surface area contributed by atoms with Crippen molar-refractivity contribution < 1.29 is 4.79 Å². The number of nitrogens with one attached hydrogen (secondary N) is 1. The van der Waals surface area contributed by atoms with E-state index in [2.05, 4.69) is 16.1 Å². The summed E-state index contributed by atoms with van der Waals surface area (Å²) in [7, 11) is 4.00. The van der Waals surface area contributed by atoms with Crippen molar-refractivity contribution in [1.82, 2.24) is 15.1 Å². The van der Waals surface area contributed by atoms with E-state index in [9.17, 15) is 4.79 Å². The van der Waals surface area contributed by atoms with Gasteiger partial charge in [-0.15, -0.1) is 6.42 Å². The minimum Gasteiger partial charge on any atom is -0.336 e. The van der Waals surface area contributed by atoms with Crippen LogP contribution in [0.15, 0.2) is 30.3 Å². The summed E-state index contributed by atoms with van der Waals surface area (Å²) in [5.41, 5.74) is 1.14. The molecule has 0 aliphatic heterocycles. The van der Waals surface area contributed by atoms with Crippen LogP contribution in [0.4, 0.5) is 0 Å². The Hall–Kier alpha value is -1.83. The van der Waals surface area contributed by atoms with Crippen LogP contribution < -0.4 is 5.32 Å². The average Bonchev–Trinajstić information content (AvgIpc) is 2.44. The number of hydrogen-bond donors (Lipinski definition) is 1. The van der Waals surface area contributed by atoms with Crippen molar-refractivity contribution in [2.24, 2.45) is 0 Å². The van der Waals surface area contributed by atoms with Crippen LogP contribution >= 0.6 is 0 Å². The summed E-state index contributed by atoms with van der Waals surface area (Å²) in [5.74, 6) is 2.55. The average molecular weight is 273 g/mol. The van der Waals surface area contributed by atoms with E-state index in [0.29, 0.717) is 19.6 Å². The molecule has 1 N–H and O–H groups in total. The normalized spacial score (nSPS) is 10.3. The fraction of sp³-hybridized carbons (Fsp3) is 0.438. The van der Waals surface area contributed by atoms with Crippen molar-refractivity contribution >= 4 is 5.91 Å². The maximum absolute atomic E-state index is 12.2. The third-order valence-electron chi connectivity index (χ3n) is 2.89. The van der Waals surface area contributed by atoms with Gasteiger partial charge in [0.1, 0.15) is 0 Å². The molecule has 20 heavy (non-hydrogen) atoms. The molecule has 1 rings (SSSR count). The molecule has 0 heterocycles. The van der Waals surface area contributed by atoms with Crippen LogP contribution in [0.3, 0.4) is 0 Å². The summed E-state index contributed by atoms with van der Waals surface area (Å²) in [5, 5.41) is 2.95. The van der Waals surface area contributed by atoms with Gasteiger partial charge in [-0.05, 0) is 19.7 Å². The second kappa shape index (κ2) is 9.13. The predicted octanol–water partition coefficient (Wildman–Crippen LogP) is 0.800. The first kappa shape index (κ1) is 16.2. The van der Waals surface area contributed by atoms with E-state index >= 15 is 0 Å². The Labute approximate surface area is 121 Å². The zero-order valence-corrected chi connectivity index (χ0v) is 12.3. The Morgan fingerprint density at radius 2 is 1.95 bits per heavy atom. The van der Waals surface area contributed by atoms with Crippen LogP contribution in [0.5, 0.6) is 0 Å². The molecular formula is C16H23N3O. The summed E-state index contributed by atoms with van der Waals surface area (Å²) in [6.45, 7) is 2.88. The smallest absolute Gasteiger partial charge is 0.236 e. The van der Waals surface area contributed by atoms with Crippen molar-refractivity contribution in [2.45, 2.75) is 6.54 Å². The third kappa shape index (κ3) is 6.37. The zero-order valence-electron chi connectivity index (χ0n) is 12.3. The van der Waals surface area contributed by atoms with E-state index < -0.39 is 0 Å². The number of likely N-dealkylation sites (N-methyl/N-ethyl adjacent to an activating group) is 1. The second-order valence-corrected chi connectivity index (χ2v) is 4.91. The predicted molar refractivity (Wildman–Crippen MR) is 82.1 cm³/mol. The molecule has 0 fully saturated rings. The van der Waals surface area contributed by atoms with Gasteiger partial charge in [0.2, 0.25) is 5.91 Å². The molecule has 1 aromatic carbocycles. The molecule has 0 bridgehead atoms. The van der Waals surface area contributed by atoms with Gasteiger partial charge in [0, 0.05) is 19.6 Å². The number of terminal acetylenes is 1. The zero-order chi connectivity index (χ0) is 14.8. The molecule has 0 aromatic heterocycles. The lowest BCUT2D eigenvalue weighted by Gasteiger charge is -2.24. The Bertz CT molecular complexity index is 437. The quantitative estimate of drug-likeness (QED) is 0.562. The molecule has 4 nitrogen and oxygen atoms in total. The summed E-state index contributed by atoms with van der Waals surface area (Å²) < 4.78 is 0. The molecule has 0 aliphatic carbocycles. The monoisotopic (exact) mass is 273 g/mol. The Morgan fingerprint density at radius 3 is 2.55 bits per heavy atom. The fourth-order valence-electron chi connectivity index (χ4n) is 1.77. The third-order valence-corrected chi connectivity index (χ3v) is 2.89. The maximum atomic E-state index is 12.2. The molecule has 0 saturated heterocycles. The van der Waals surface area contributed by atoms with Gasteiger partial charge in [-0.3, -0.25) is 10.1 Å². The van der Waals surface area contributed by atoms with Crippen LogP contribution in [0.2, 0.25) is 0 Å².